The molecule has 86 valence electrons. The van der Waals surface area contributed by atoms with E-state index in [0.717, 1.165) is 24.0 Å². The molecule has 2 unspecified atom stereocenters. The van der Waals surface area contributed by atoms with Gasteiger partial charge in [0.15, 0.2) is 5.79 Å². The van der Waals surface area contributed by atoms with E-state index < -0.39 is 5.79 Å². The fourth-order valence-corrected chi connectivity index (χ4v) is 2.98. The van der Waals surface area contributed by atoms with E-state index in [9.17, 15) is 10.2 Å². The van der Waals surface area contributed by atoms with Crippen molar-refractivity contribution in [1.82, 2.24) is 0 Å². The van der Waals surface area contributed by atoms with Gasteiger partial charge in [-0.1, -0.05) is 24.3 Å². The van der Waals surface area contributed by atoms with E-state index in [-0.39, 0.29) is 12.0 Å². The maximum absolute atomic E-state index is 10.1. The van der Waals surface area contributed by atoms with Crippen molar-refractivity contribution in [2.45, 2.75) is 43.7 Å². The van der Waals surface area contributed by atoms with Crippen molar-refractivity contribution in [3.63, 3.8) is 0 Å². The molecule has 0 aromatic heterocycles. The minimum Gasteiger partial charge on any atom is -0.373 e. The Balaban J connectivity index is 2.07. The molecular weight excluding hydrogens is 204 g/mol. The van der Waals surface area contributed by atoms with E-state index in [2.05, 4.69) is 0 Å². The van der Waals surface area contributed by atoms with Crippen LogP contribution >= 0.6 is 0 Å². The minimum absolute atomic E-state index is 0.0429. The van der Waals surface area contributed by atoms with Crippen LogP contribution in [0, 0.1) is 0 Å². The van der Waals surface area contributed by atoms with Crippen LogP contribution in [0.4, 0.5) is 0 Å². The molecule has 1 aromatic carbocycles. The third kappa shape index (κ3) is 1.47. The van der Waals surface area contributed by atoms with Crippen molar-refractivity contribution in [3.8, 4) is 0 Å². The van der Waals surface area contributed by atoms with Gasteiger partial charge in [-0.15, -0.1) is 0 Å². The zero-order valence-corrected chi connectivity index (χ0v) is 9.10. The third-order valence-corrected chi connectivity index (χ3v) is 3.75. The number of benzene rings is 1. The largest absolute Gasteiger partial charge is 0.373 e. The van der Waals surface area contributed by atoms with Gasteiger partial charge < -0.3 is 14.9 Å². The summed E-state index contributed by atoms with van der Waals surface area (Å²) >= 11 is 0. The molecule has 0 bridgehead atoms. The van der Waals surface area contributed by atoms with E-state index in [0.29, 0.717) is 13.0 Å². The summed E-state index contributed by atoms with van der Waals surface area (Å²) in [6.45, 7) is 0.591. The summed E-state index contributed by atoms with van der Waals surface area (Å²) in [5.74, 6) is -1.90. The summed E-state index contributed by atoms with van der Waals surface area (Å²) in [6.07, 6.45) is 2.13. The van der Waals surface area contributed by atoms with Crippen LogP contribution in [0.25, 0.3) is 0 Å². The third-order valence-electron chi connectivity index (χ3n) is 3.75. The molecule has 2 atom stereocenters. The van der Waals surface area contributed by atoms with Gasteiger partial charge in [0.25, 0.3) is 0 Å². The highest BCUT2D eigenvalue weighted by Crippen LogP contribution is 2.44. The molecule has 3 nitrogen and oxygen atoms in total. The first-order chi connectivity index (χ1) is 7.68. The highest BCUT2D eigenvalue weighted by atomic mass is 16.5. The van der Waals surface area contributed by atoms with Crippen LogP contribution in [0.1, 0.15) is 36.3 Å². The minimum atomic E-state index is -1.61. The van der Waals surface area contributed by atoms with Gasteiger partial charge in [-0.2, -0.15) is 0 Å². The Hall–Kier alpha value is -0.900. The molecule has 0 radical (unpaired) electrons. The second kappa shape index (κ2) is 3.55. The number of aliphatic hydroxyl groups is 2. The summed E-state index contributed by atoms with van der Waals surface area (Å²) < 4.78 is 5.72. The molecule has 1 fully saturated rings. The number of ether oxygens (including phenoxy) is 1. The second-order valence-corrected chi connectivity index (χ2v) is 4.80. The predicted molar refractivity (Wildman–Crippen MR) is 58.8 cm³/mol. The Morgan fingerprint density at radius 1 is 1.25 bits per heavy atom. The second-order valence-electron chi connectivity index (χ2n) is 4.80. The molecular formula is C13H16O3. The lowest BCUT2D eigenvalue weighted by Gasteiger charge is -2.44. The Morgan fingerprint density at radius 2 is 2.06 bits per heavy atom. The van der Waals surface area contributed by atoms with E-state index >= 15 is 0 Å². The molecule has 1 aliphatic carbocycles. The van der Waals surface area contributed by atoms with Gasteiger partial charge in [0.1, 0.15) is 0 Å². The highest BCUT2D eigenvalue weighted by molar-refractivity contribution is 5.34. The van der Waals surface area contributed by atoms with E-state index in [1.165, 1.54) is 0 Å². The molecule has 1 heterocycles. The number of fused-ring (bicyclic) bond motifs is 3. The zero-order chi connectivity index (χ0) is 11.2. The van der Waals surface area contributed by atoms with Gasteiger partial charge in [-0.25, -0.2) is 0 Å². The van der Waals surface area contributed by atoms with Gasteiger partial charge in [-0.05, 0) is 24.0 Å². The Kier molecular flexibility index (Phi) is 2.28. The summed E-state index contributed by atoms with van der Waals surface area (Å²) in [5.41, 5.74) is 2.13. The van der Waals surface area contributed by atoms with Gasteiger partial charge in [0.2, 0.25) is 0 Å². The fraction of sp³-hybridized carbons (Fsp3) is 0.538. The first-order valence-corrected chi connectivity index (χ1v) is 5.82. The van der Waals surface area contributed by atoms with Gasteiger partial charge in [-0.3, -0.25) is 0 Å². The van der Waals surface area contributed by atoms with Crippen LogP contribution in [0.5, 0.6) is 0 Å². The molecule has 3 rings (SSSR count). The van der Waals surface area contributed by atoms with Gasteiger partial charge >= 0.3 is 0 Å². The molecule has 2 aliphatic rings. The number of rotatable bonds is 0. The maximum atomic E-state index is 10.1. The number of hydrogen-bond donors (Lipinski definition) is 2. The molecule has 3 heteroatoms. The standard InChI is InChI=1S/C13H16O3/c14-13(15)7-3-6-11-12(13)10-5-2-1-4-9(10)8-16-11/h1-2,4-5,11-12,14-15H,3,6-8H2. The lowest BCUT2D eigenvalue weighted by atomic mass is 9.74. The maximum Gasteiger partial charge on any atom is 0.172 e. The van der Waals surface area contributed by atoms with Crippen molar-refractivity contribution < 1.29 is 14.9 Å². The lowest BCUT2D eigenvalue weighted by molar-refractivity contribution is -0.228. The predicted octanol–water partition coefficient (Wildman–Crippen LogP) is 1.53. The normalized spacial score (nSPS) is 31.6. The van der Waals surface area contributed by atoms with E-state index in [1.807, 2.05) is 24.3 Å². The van der Waals surface area contributed by atoms with Crippen molar-refractivity contribution in [2.75, 3.05) is 0 Å². The van der Waals surface area contributed by atoms with Crippen LogP contribution in [-0.4, -0.2) is 22.1 Å². The summed E-state index contributed by atoms with van der Waals surface area (Å²) in [7, 11) is 0. The van der Waals surface area contributed by atoms with Crippen LogP contribution in [0.2, 0.25) is 0 Å². The van der Waals surface area contributed by atoms with Crippen LogP contribution in [0.15, 0.2) is 24.3 Å². The molecule has 1 aromatic rings. The highest BCUT2D eigenvalue weighted by Gasteiger charge is 2.47. The smallest absolute Gasteiger partial charge is 0.172 e. The molecule has 2 N–H and O–H groups in total. The van der Waals surface area contributed by atoms with Gasteiger partial charge in [0, 0.05) is 6.42 Å². The summed E-state index contributed by atoms with van der Waals surface area (Å²) in [4.78, 5) is 0. The van der Waals surface area contributed by atoms with Crippen molar-refractivity contribution >= 4 is 0 Å². The topological polar surface area (TPSA) is 49.7 Å². The van der Waals surface area contributed by atoms with Crippen LogP contribution in [-0.2, 0) is 11.3 Å². The fourth-order valence-electron chi connectivity index (χ4n) is 2.98. The average molecular weight is 220 g/mol. The van der Waals surface area contributed by atoms with Crippen molar-refractivity contribution in [3.05, 3.63) is 35.4 Å². The molecule has 1 saturated carbocycles. The Labute approximate surface area is 94.7 Å². The molecule has 0 spiro atoms. The average Bonchev–Trinajstić information content (AvgIpc) is 2.28. The van der Waals surface area contributed by atoms with Gasteiger partial charge in [0.05, 0.1) is 18.6 Å². The van der Waals surface area contributed by atoms with E-state index in [1.54, 1.807) is 0 Å². The van der Waals surface area contributed by atoms with Crippen LogP contribution < -0.4 is 0 Å². The SMILES string of the molecule is OC1(O)CCCC2OCc3ccccc3C21. The first-order valence-electron chi connectivity index (χ1n) is 5.82. The molecule has 1 aliphatic heterocycles. The monoisotopic (exact) mass is 220 g/mol. The Morgan fingerprint density at radius 3 is 2.94 bits per heavy atom. The lowest BCUT2D eigenvalue weighted by Crippen LogP contribution is -2.48. The zero-order valence-electron chi connectivity index (χ0n) is 9.10. The quantitative estimate of drug-likeness (QED) is 0.652. The van der Waals surface area contributed by atoms with Crippen molar-refractivity contribution in [2.24, 2.45) is 0 Å². The molecule has 0 amide bonds. The van der Waals surface area contributed by atoms with Crippen molar-refractivity contribution in [1.29, 1.82) is 0 Å². The Bertz CT molecular complexity index is 400. The van der Waals surface area contributed by atoms with E-state index in [4.69, 9.17) is 4.74 Å². The summed E-state index contributed by atoms with van der Waals surface area (Å²) in [5, 5.41) is 20.2. The molecule has 0 saturated heterocycles. The van der Waals surface area contributed by atoms with Crippen LogP contribution in [0.3, 0.4) is 0 Å². The first kappa shape index (κ1) is 10.3. The summed E-state index contributed by atoms with van der Waals surface area (Å²) in [6, 6.07) is 7.89. The number of hydrogen-bond acceptors (Lipinski definition) is 3. The molecule has 16 heavy (non-hydrogen) atoms.